The third kappa shape index (κ3) is 1.95. The maximum atomic E-state index is 12.7. The molecule has 0 unspecified atom stereocenters. The van der Waals surface area contributed by atoms with Crippen molar-refractivity contribution >= 4 is 43.9 Å². The summed E-state index contributed by atoms with van der Waals surface area (Å²) in [6, 6.07) is 14.9. The smallest absolute Gasteiger partial charge is 0.211 e. The fraction of sp³-hybridized carbons (Fsp3) is 0. The van der Waals surface area contributed by atoms with Crippen molar-refractivity contribution in [2.75, 3.05) is 0 Å². The number of para-hydroxylation sites is 1. The number of thiazole rings is 1. The number of carbonyl (C=O) groups excluding carboxylic acids is 1. The lowest BCUT2D eigenvalue weighted by atomic mass is 10.1. The van der Waals surface area contributed by atoms with Crippen LogP contribution >= 0.6 is 22.9 Å². The van der Waals surface area contributed by atoms with Gasteiger partial charge in [0, 0.05) is 10.6 Å². The van der Waals surface area contributed by atoms with Gasteiger partial charge in [0.25, 0.3) is 0 Å². The Morgan fingerprint density at radius 1 is 1.10 bits per heavy atom. The first-order valence-electron chi connectivity index (χ1n) is 6.39. The van der Waals surface area contributed by atoms with Crippen LogP contribution in [0.15, 0.2) is 54.7 Å². The van der Waals surface area contributed by atoms with Crippen molar-refractivity contribution in [2.45, 2.75) is 0 Å². The molecule has 3 nitrogen and oxygen atoms in total. The zero-order valence-electron chi connectivity index (χ0n) is 10.8. The molecule has 4 rings (SSSR count). The monoisotopic (exact) mass is 312 g/mol. The van der Waals surface area contributed by atoms with Gasteiger partial charge in [-0.15, -0.1) is 0 Å². The van der Waals surface area contributed by atoms with Crippen LogP contribution in [0.5, 0.6) is 0 Å². The Labute approximate surface area is 129 Å². The van der Waals surface area contributed by atoms with Crippen molar-refractivity contribution < 1.29 is 4.79 Å². The summed E-state index contributed by atoms with van der Waals surface area (Å²) < 4.78 is 3.03. The van der Waals surface area contributed by atoms with Crippen LogP contribution < -0.4 is 0 Å². The Kier molecular flexibility index (Phi) is 2.80. The molecule has 0 spiro atoms. The molecule has 5 heteroatoms. The topological polar surface area (TPSA) is 34.4 Å². The van der Waals surface area contributed by atoms with Crippen molar-refractivity contribution in [2.24, 2.45) is 0 Å². The van der Waals surface area contributed by atoms with E-state index in [1.54, 1.807) is 41.8 Å². The third-order valence-corrected chi connectivity index (χ3v) is 4.66. The lowest BCUT2D eigenvalue weighted by Gasteiger charge is -2.01. The number of benzene rings is 2. The van der Waals surface area contributed by atoms with E-state index in [0.717, 1.165) is 15.2 Å². The number of halogens is 1. The van der Waals surface area contributed by atoms with Gasteiger partial charge in [0.15, 0.2) is 4.96 Å². The Morgan fingerprint density at radius 3 is 2.67 bits per heavy atom. The minimum Gasteiger partial charge on any atom is -0.287 e. The summed E-state index contributed by atoms with van der Waals surface area (Å²) in [7, 11) is 0. The van der Waals surface area contributed by atoms with Gasteiger partial charge in [-0.3, -0.25) is 9.20 Å². The van der Waals surface area contributed by atoms with Gasteiger partial charge in [0.2, 0.25) is 5.78 Å². The van der Waals surface area contributed by atoms with E-state index >= 15 is 0 Å². The van der Waals surface area contributed by atoms with Crippen molar-refractivity contribution in [3.8, 4) is 0 Å². The van der Waals surface area contributed by atoms with Crippen LogP contribution in [0.1, 0.15) is 16.1 Å². The zero-order chi connectivity index (χ0) is 14.4. The van der Waals surface area contributed by atoms with E-state index in [1.165, 1.54) is 0 Å². The summed E-state index contributed by atoms with van der Waals surface area (Å²) in [6.45, 7) is 0. The first-order chi connectivity index (χ1) is 10.2. The molecule has 0 N–H and O–H groups in total. The summed E-state index contributed by atoms with van der Waals surface area (Å²) in [4.78, 5) is 17.9. The number of carbonyl (C=O) groups is 1. The average molecular weight is 313 g/mol. The largest absolute Gasteiger partial charge is 0.287 e. The van der Waals surface area contributed by atoms with Gasteiger partial charge in [-0.1, -0.05) is 35.1 Å². The van der Waals surface area contributed by atoms with Crippen LogP contribution in [0.25, 0.3) is 15.2 Å². The van der Waals surface area contributed by atoms with E-state index in [1.807, 2.05) is 28.7 Å². The van der Waals surface area contributed by atoms with Crippen LogP contribution in [0.4, 0.5) is 0 Å². The summed E-state index contributed by atoms with van der Waals surface area (Å²) in [5, 5.41) is 0.617. The van der Waals surface area contributed by atoms with Gasteiger partial charge >= 0.3 is 0 Å². The fourth-order valence-corrected chi connectivity index (χ4v) is 3.50. The van der Waals surface area contributed by atoms with Crippen LogP contribution in [-0.4, -0.2) is 15.2 Å². The lowest BCUT2D eigenvalue weighted by Crippen LogP contribution is -2.04. The van der Waals surface area contributed by atoms with Gasteiger partial charge in [-0.25, -0.2) is 4.98 Å². The molecular formula is C16H9ClN2OS. The van der Waals surface area contributed by atoms with Crippen LogP contribution in [-0.2, 0) is 0 Å². The minimum absolute atomic E-state index is 0.0530. The maximum Gasteiger partial charge on any atom is 0.211 e. The molecule has 21 heavy (non-hydrogen) atoms. The second kappa shape index (κ2) is 4.69. The molecule has 0 fully saturated rings. The molecule has 0 aliphatic rings. The quantitative estimate of drug-likeness (QED) is 0.513. The number of nitrogens with zero attached hydrogens (tertiary/aromatic N) is 2. The molecule has 0 saturated carbocycles. The van der Waals surface area contributed by atoms with Crippen LogP contribution in [0.3, 0.4) is 0 Å². The first-order valence-corrected chi connectivity index (χ1v) is 7.59. The van der Waals surface area contributed by atoms with Crippen molar-refractivity contribution in [1.29, 1.82) is 0 Å². The van der Waals surface area contributed by atoms with Crippen molar-refractivity contribution in [3.05, 3.63) is 71.0 Å². The lowest BCUT2D eigenvalue weighted by molar-refractivity contribution is 0.103. The molecule has 4 aromatic rings. The van der Waals surface area contributed by atoms with E-state index in [4.69, 9.17) is 11.6 Å². The summed E-state index contributed by atoms with van der Waals surface area (Å²) >= 11 is 7.45. The van der Waals surface area contributed by atoms with E-state index in [0.29, 0.717) is 16.3 Å². The number of fused-ring (bicyclic) bond motifs is 3. The first kappa shape index (κ1) is 12.6. The number of hydrogen-bond donors (Lipinski definition) is 0. The van der Waals surface area contributed by atoms with Gasteiger partial charge in [-0.2, -0.15) is 0 Å². The van der Waals surface area contributed by atoms with Crippen molar-refractivity contribution in [1.82, 2.24) is 9.38 Å². The van der Waals surface area contributed by atoms with Gasteiger partial charge in [0.1, 0.15) is 5.69 Å². The number of rotatable bonds is 2. The standard InChI is InChI=1S/C16H9ClN2OS/c17-11-7-5-10(6-8-11)15(20)13-9-18-16-19(13)12-3-1-2-4-14(12)21-16/h1-9H. The fourth-order valence-electron chi connectivity index (χ4n) is 2.38. The highest BCUT2D eigenvalue weighted by Gasteiger charge is 2.17. The summed E-state index contributed by atoms with van der Waals surface area (Å²) in [5.41, 5.74) is 2.19. The normalized spacial score (nSPS) is 11.3. The number of aromatic nitrogens is 2. The Bertz CT molecular complexity index is 969. The Hall–Kier alpha value is -2.17. The summed E-state index contributed by atoms with van der Waals surface area (Å²) in [5.74, 6) is -0.0530. The Balaban J connectivity index is 1.93. The van der Waals surface area contributed by atoms with E-state index in [2.05, 4.69) is 4.98 Å². The van der Waals surface area contributed by atoms with Crippen LogP contribution in [0.2, 0.25) is 5.02 Å². The van der Waals surface area contributed by atoms with Crippen LogP contribution in [0, 0.1) is 0 Å². The van der Waals surface area contributed by atoms with E-state index < -0.39 is 0 Å². The highest BCUT2D eigenvalue weighted by molar-refractivity contribution is 7.23. The van der Waals surface area contributed by atoms with Gasteiger partial charge in [0.05, 0.1) is 16.4 Å². The second-order valence-corrected chi connectivity index (χ2v) is 6.11. The molecule has 0 atom stereocenters. The molecule has 0 bridgehead atoms. The molecule has 2 heterocycles. The maximum absolute atomic E-state index is 12.7. The number of ketones is 1. The molecule has 0 radical (unpaired) electrons. The predicted molar refractivity (Wildman–Crippen MR) is 85.5 cm³/mol. The third-order valence-electron chi connectivity index (χ3n) is 3.38. The SMILES string of the molecule is O=C(c1ccc(Cl)cc1)c1cnc2sc3ccccc3n12. The molecule has 2 aromatic carbocycles. The summed E-state index contributed by atoms with van der Waals surface area (Å²) in [6.07, 6.45) is 1.63. The van der Waals surface area contributed by atoms with E-state index in [9.17, 15) is 4.79 Å². The molecule has 0 aliphatic heterocycles. The average Bonchev–Trinajstić information content (AvgIpc) is 3.06. The highest BCUT2D eigenvalue weighted by Crippen LogP contribution is 2.27. The zero-order valence-corrected chi connectivity index (χ0v) is 12.4. The Morgan fingerprint density at radius 2 is 1.86 bits per heavy atom. The number of imidazole rings is 1. The highest BCUT2D eigenvalue weighted by atomic mass is 35.5. The second-order valence-electron chi connectivity index (χ2n) is 4.67. The molecule has 102 valence electrons. The predicted octanol–water partition coefficient (Wildman–Crippen LogP) is 4.43. The minimum atomic E-state index is -0.0530. The molecule has 0 amide bonds. The molecule has 0 saturated heterocycles. The molecule has 0 aliphatic carbocycles. The van der Waals surface area contributed by atoms with Gasteiger partial charge < -0.3 is 0 Å². The number of hydrogen-bond acceptors (Lipinski definition) is 3. The van der Waals surface area contributed by atoms with Gasteiger partial charge in [-0.05, 0) is 36.4 Å². The molecular weight excluding hydrogens is 304 g/mol. The van der Waals surface area contributed by atoms with Crippen molar-refractivity contribution in [3.63, 3.8) is 0 Å². The van der Waals surface area contributed by atoms with E-state index in [-0.39, 0.29) is 5.78 Å². The molecule has 2 aromatic heterocycles.